The molecular formula is C9H16ArF2. The summed E-state index contributed by atoms with van der Waals surface area (Å²) < 4.78 is 27.0. The summed E-state index contributed by atoms with van der Waals surface area (Å²) in [5.41, 5.74) is -1.62. The van der Waals surface area contributed by atoms with E-state index in [0.29, 0.717) is 12.8 Å². The number of hydrogen-bond donors (Lipinski definition) is 0. The van der Waals surface area contributed by atoms with E-state index >= 15 is 0 Å². The van der Waals surface area contributed by atoms with Crippen molar-refractivity contribution in [2.24, 2.45) is 10.8 Å². The van der Waals surface area contributed by atoms with E-state index in [9.17, 15) is 8.78 Å². The monoisotopic (exact) mass is 202 g/mol. The molecule has 1 saturated carbocycles. The fourth-order valence-corrected chi connectivity index (χ4v) is 1.86. The molecule has 0 nitrogen and oxygen atoms in total. The Bertz CT molecular complexity index is 155. The summed E-state index contributed by atoms with van der Waals surface area (Å²) >= 11 is 0. The van der Waals surface area contributed by atoms with Gasteiger partial charge in [-0.25, -0.2) is 8.78 Å². The molecular weight excluding hydrogens is 186 g/mol. The van der Waals surface area contributed by atoms with Crippen LogP contribution in [-0.2, 0) is 0 Å². The standard InChI is InChI=1S/C9H16F2.Ar/c1-7(2)5-6-8(3,4)9(7,10)11;/h5-6H2,1-4H3;. The maximum atomic E-state index is 13.5. The molecule has 1 fully saturated rings. The van der Waals surface area contributed by atoms with Crippen molar-refractivity contribution in [2.75, 3.05) is 0 Å². The zero-order valence-electron chi connectivity index (χ0n) is 8.02. The third kappa shape index (κ3) is 1.67. The van der Waals surface area contributed by atoms with Gasteiger partial charge in [0.15, 0.2) is 0 Å². The van der Waals surface area contributed by atoms with Crippen molar-refractivity contribution in [2.45, 2.75) is 46.5 Å². The first-order valence-electron chi connectivity index (χ1n) is 4.09. The van der Waals surface area contributed by atoms with Gasteiger partial charge in [-0.3, -0.25) is 0 Å². The molecule has 0 aromatic heterocycles. The zero-order valence-corrected chi connectivity index (χ0v) is 8.73. The Morgan fingerprint density at radius 1 is 0.833 bits per heavy atom. The van der Waals surface area contributed by atoms with Crippen LogP contribution in [0.2, 0.25) is 0 Å². The molecule has 0 radical (unpaired) electrons. The molecule has 0 aliphatic heterocycles. The first-order valence-corrected chi connectivity index (χ1v) is 4.09. The summed E-state index contributed by atoms with van der Waals surface area (Å²) in [5, 5.41) is 0. The van der Waals surface area contributed by atoms with Gasteiger partial charge in [0, 0.05) is 48.6 Å². The normalized spacial score (nSPS) is 29.5. The molecule has 0 bridgehead atoms. The largest absolute Gasteiger partial charge is 0.258 e. The van der Waals surface area contributed by atoms with Gasteiger partial charge in [0.2, 0.25) is 0 Å². The van der Waals surface area contributed by atoms with Crippen molar-refractivity contribution in [3.8, 4) is 0 Å². The SMILES string of the molecule is CC1(C)CCC(C)(C)C1(F)F.[Ar]. The first kappa shape index (κ1) is 13.1. The second-order valence-corrected chi connectivity index (χ2v) is 4.84. The minimum atomic E-state index is -2.51. The minimum Gasteiger partial charge on any atom is -0.206 e. The Kier molecular flexibility index (Phi) is 3.67. The van der Waals surface area contributed by atoms with Crippen molar-refractivity contribution in [3.05, 3.63) is 0 Å². The quantitative estimate of drug-likeness (QED) is 0.564. The van der Waals surface area contributed by atoms with Gasteiger partial charge in [0.1, 0.15) is 0 Å². The molecule has 0 aromatic carbocycles. The molecule has 0 atom stereocenters. The Labute approximate surface area is 103 Å². The van der Waals surface area contributed by atoms with E-state index < -0.39 is 16.8 Å². The van der Waals surface area contributed by atoms with Crippen LogP contribution in [0, 0.1) is 48.6 Å². The predicted octanol–water partition coefficient (Wildman–Crippen LogP) is 3.47. The predicted molar refractivity (Wildman–Crippen MR) is 41.7 cm³/mol. The average Bonchev–Trinajstić information content (AvgIpc) is 1.93. The molecule has 0 unspecified atom stereocenters. The van der Waals surface area contributed by atoms with Crippen LogP contribution in [0.25, 0.3) is 0 Å². The number of halogens is 2. The summed E-state index contributed by atoms with van der Waals surface area (Å²) in [7, 11) is 0. The van der Waals surface area contributed by atoms with Gasteiger partial charge in [-0.1, -0.05) is 27.7 Å². The van der Waals surface area contributed by atoms with E-state index in [-0.39, 0.29) is 37.7 Å². The van der Waals surface area contributed by atoms with Crippen molar-refractivity contribution in [1.82, 2.24) is 0 Å². The molecule has 0 spiro atoms. The van der Waals surface area contributed by atoms with E-state index in [2.05, 4.69) is 0 Å². The van der Waals surface area contributed by atoms with Crippen LogP contribution in [-0.4, -0.2) is 5.92 Å². The van der Waals surface area contributed by atoms with Crippen molar-refractivity contribution in [3.63, 3.8) is 0 Å². The molecule has 0 saturated heterocycles. The zero-order chi connectivity index (χ0) is 8.91. The molecule has 0 heterocycles. The van der Waals surface area contributed by atoms with E-state index in [0.717, 1.165) is 0 Å². The second kappa shape index (κ2) is 3.36. The van der Waals surface area contributed by atoms with Crippen LogP contribution in [0.1, 0.15) is 40.5 Å². The molecule has 1 rings (SSSR count). The van der Waals surface area contributed by atoms with Crippen LogP contribution in [0.15, 0.2) is 0 Å². The van der Waals surface area contributed by atoms with Gasteiger partial charge in [0.25, 0.3) is 5.92 Å². The Balaban J connectivity index is 0.00000121. The average molecular weight is 202 g/mol. The Morgan fingerprint density at radius 2 is 1.08 bits per heavy atom. The molecule has 12 heavy (non-hydrogen) atoms. The van der Waals surface area contributed by atoms with Crippen molar-refractivity contribution in [1.29, 1.82) is 0 Å². The van der Waals surface area contributed by atoms with Crippen LogP contribution in [0.4, 0.5) is 8.78 Å². The molecule has 1 aliphatic carbocycles. The molecule has 3 heteroatoms. The van der Waals surface area contributed by atoms with Crippen molar-refractivity contribution >= 4 is 0 Å². The smallest absolute Gasteiger partial charge is 0.206 e. The summed E-state index contributed by atoms with van der Waals surface area (Å²) in [6.45, 7) is 6.62. The van der Waals surface area contributed by atoms with Gasteiger partial charge in [-0.2, -0.15) is 0 Å². The second-order valence-electron chi connectivity index (χ2n) is 4.84. The van der Waals surface area contributed by atoms with E-state index in [1.54, 1.807) is 27.7 Å². The van der Waals surface area contributed by atoms with Crippen LogP contribution in [0.3, 0.4) is 0 Å². The Morgan fingerprint density at radius 3 is 1.17 bits per heavy atom. The van der Waals surface area contributed by atoms with Gasteiger partial charge < -0.3 is 0 Å². The molecule has 74 valence electrons. The molecule has 1 aliphatic rings. The minimum absolute atomic E-state index is 0. The van der Waals surface area contributed by atoms with Crippen LogP contribution < -0.4 is 0 Å². The van der Waals surface area contributed by atoms with Gasteiger partial charge in [-0.05, 0) is 12.8 Å². The molecule has 0 aromatic rings. The summed E-state index contributed by atoms with van der Waals surface area (Å²) in [6, 6.07) is 0. The van der Waals surface area contributed by atoms with Crippen LogP contribution in [0.5, 0.6) is 0 Å². The van der Waals surface area contributed by atoms with Crippen molar-refractivity contribution < 1.29 is 46.5 Å². The summed E-state index contributed by atoms with van der Waals surface area (Å²) in [6.07, 6.45) is 1.26. The van der Waals surface area contributed by atoms with Gasteiger partial charge >= 0.3 is 0 Å². The van der Waals surface area contributed by atoms with Crippen LogP contribution >= 0.6 is 0 Å². The summed E-state index contributed by atoms with van der Waals surface area (Å²) in [5.74, 6) is -2.51. The van der Waals surface area contributed by atoms with E-state index in [1.807, 2.05) is 0 Å². The molecule has 0 amide bonds. The number of hydrogen-bond acceptors (Lipinski definition) is 0. The number of rotatable bonds is 0. The Hall–Kier alpha value is 1.12. The molecule has 0 N–H and O–H groups in total. The fraction of sp³-hybridized carbons (Fsp3) is 1.00. The summed E-state index contributed by atoms with van der Waals surface area (Å²) in [4.78, 5) is 0. The van der Waals surface area contributed by atoms with E-state index in [4.69, 9.17) is 0 Å². The first-order chi connectivity index (χ1) is 4.71. The maximum absolute atomic E-state index is 13.5. The third-order valence-electron chi connectivity index (χ3n) is 3.07. The van der Waals surface area contributed by atoms with E-state index in [1.165, 1.54) is 0 Å². The fourth-order valence-electron chi connectivity index (χ4n) is 1.86. The maximum Gasteiger partial charge on any atom is 0.258 e. The van der Waals surface area contributed by atoms with Gasteiger partial charge in [0.05, 0.1) is 0 Å². The number of alkyl halides is 2. The topological polar surface area (TPSA) is 0 Å². The third-order valence-corrected chi connectivity index (χ3v) is 3.07. The van der Waals surface area contributed by atoms with Gasteiger partial charge in [-0.15, -0.1) is 0 Å².